The van der Waals surface area contributed by atoms with Gasteiger partial charge in [-0.15, -0.1) is 0 Å². The van der Waals surface area contributed by atoms with Gasteiger partial charge in [-0.3, -0.25) is 5.32 Å². The van der Waals surface area contributed by atoms with Crippen molar-refractivity contribution in [1.82, 2.24) is 5.32 Å². The van der Waals surface area contributed by atoms with Crippen LogP contribution in [0.15, 0.2) is 18.2 Å². The van der Waals surface area contributed by atoms with Gasteiger partial charge in [0.1, 0.15) is 6.04 Å². The number of nitrogens with zero attached hydrogens (tertiary/aromatic N) is 1. The minimum atomic E-state index is -0.476. The number of ether oxygens (including phenoxy) is 1. The summed E-state index contributed by atoms with van der Waals surface area (Å²) in [6.07, 6.45) is 0.592. The van der Waals surface area contributed by atoms with E-state index in [-0.39, 0.29) is 12.4 Å². The maximum absolute atomic E-state index is 9.57. The number of rotatable bonds is 7. The fraction of sp³-hybridized carbons (Fsp3) is 0.462. The first-order valence-corrected chi connectivity index (χ1v) is 5.92. The van der Waals surface area contributed by atoms with Gasteiger partial charge in [0.25, 0.3) is 0 Å². The molecule has 0 aliphatic rings. The standard InChI is InChI=1S/C13H18N2O3/c1-2-18-13-8-10(4-5-12(13)17)11(9-14)15-6-3-7-16/h4-5,8,11,15-17H,2-3,6-7H2,1H3. The molecule has 18 heavy (non-hydrogen) atoms. The summed E-state index contributed by atoms with van der Waals surface area (Å²) in [4.78, 5) is 0. The SMILES string of the molecule is CCOc1cc(C(C#N)NCCCO)ccc1O. The Hall–Kier alpha value is -1.77. The van der Waals surface area contributed by atoms with Crippen molar-refractivity contribution in [2.45, 2.75) is 19.4 Å². The van der Waals surface area contributed by atoms with E-state index in [4.69, 9.17) is 15.1 Å². The first-order valence-electron chi connectivity index (χ1n) is 5.92. The second-order valence-electron chi connectivity index (χ2n) is 3.75. The summed E-state index contributed by atoms with van der Waals surface area (Å²) in [7, 11) is 0. The van der Waals surface area contributed by atoms with Crippen molar-refractivity contribution < 1.29 is 14.9 Å². The maximum atomic E-state index is 9.57. The van der Waals surface area contributed by atoms with Crippen LogP contribution in [-0.4, -0.2) is 30.0 Å². The van der Waals surface area contributed by atoms with Crippen molar-refractivity contribution in [2.75, 3.05) is 19.8 Å². The summed E-state index contributed by atoms with van der Waals surface area (Å²) in [5.41, 5.74) is 0.733. The topological polar surface area (TPSA) is 85.5 Å². The predicted octanol–water partition coefficient (Wildman–Crippen LogP) is 1.33. The zero-order chi connectivity index (χ0) is 13.4. The molecule has 1 atom stereocenters. The van der Waals surface area contributed by atoms with Gasteiger partial charge in [-0.1, -0.05) is 6.07 Å². The van der Waals surface area contributed by atoms with E-state index in [0.29, 0.717) is 25.3 Å². The van der Waals surface area contributed by atoms with E-state index in [1.807, 2.05) is 6.92 Å². The number of nitrogens with one attached hydrogen (secondary N) is 1. The fourth-order valence-electron chi connectivity index (χ4n) is 1.54. The van der Waals surface area contributed by atoms with Crippen molar-refractivity contribution in [2.24, 2.45) is 0 Å². The van der Waals surface area contributed by atoms with Gasteiger partial charge in [-0.25, -0.2) is 0 Å². The van der Waals surface area contributed by atoms with Gasteiger partial charge in [-0.05, 0) is 37.6 Å². The smallest absolute Gasteiger partial charge is 0.161 e. The largest absolute Gasteiger partial charge is 0.504 e. The molecule has 0 amide bonds. The van der Waals surface area contributed by atoms with Crippen molar-refractivity contribution in [1.29, 1.82) is 5.26 Å². The Morgan fingerprint density at radius 1 is 1.50 bits per heavy atom. The number of phenols is 1. The average molecular weight is 250 g/mol. The molecule has 1 aromatic carbocycles. The van der Waals surface area contributed by atoms with E-state index in [1.54, 1.807) is 12.1 Å². The molecular formula is C13H18N2O3. The molecule has 0 aromatic heterocycles. The van der Waals surface area contributed by atoms with Crippen LogP contribution in [-0.2, 0) is 0 Å². The van der Waals surface area contributed by atoms with Crippen molar-refractivity contribution >= 4 is 0 Å². The summed E-state index contributed by atoms with van der Waals surface area (Å²) in [5.74, 6) is 0.437. The number of nitriles is 1. The number of hydrogen-bond donors (Lipinski definition) is 3. The number of benzene rings is 1. The molecule has 98 valence electrons. The van der Waals surface area contributed by atoms with Crippen molar-refractivity contribution in [3.8, 4) is 17.6 Å². The minimum absolute atomic E-state index is 0.0626. The lowest BCUT2D eigenvalue weighted by Gasteiger charge is -2.13. The molecule has 0 fully saturated rings. The molecule has 1 rings (SSSR count). The first kappa shape index (κ1) is 14.3. The highest BCUT2D eigenvalue weighted by Gasteiger charge is 2.12. The van der Waals surface area contributed by atoms with E-state index in [9.17, 15) is 5.11 Å². The van der Waals surface area contributed by atoms with Gasteiger partial charge < -0.3 is 14.9 Å². The Labute approximate surface area is 107 Å². The number of hydrogen-bond acceptors (Lipinski definition) is 5. The Morgan fingerprint density at radius 3 is 2.89 bits per heavy atom. The summed E-state index contributed by atoms with van der Waals surface area (Å²) >= 11 is 0. The Morgan fingerprint density at radius 2 is 2.28 bits per heavy atom. The van der Waals surface area contributed by atoms with Gasteiger partial charge in [0.05, 0.1) is 12.7 Å². The van der Waals surface area contributed by atoms with E-state index < -0.39 is 6.04 Å². The lowest BCUT2D eigenvalue weighted by Crippen LogP contribution is -2.21. The second-order valence-corrected chi connectivity index (χ2v) is 3.75. The van der Waals surface area contributed by atoms with Crippen molar-refractivity contribution in [3.63, 3.8) is 0 Å². The van der Waals surface area contributed by atoms with Crippen LogP contribution in [0.25, 0.3) is 0 Å². The van der Waals surface area contributed by atoms with Gasteiger partial charge in [0.2, 0.25) is 0 Å². The Bertz CT molecular complexity index is 415. The zero-order valence-electron chi connectivity index (χ0n) is 10.4. The molecular weight excluding hydrogens is 232 g/mol. The van der Waals surface area contributed by atoms with E-state index in [0.717, 1.165) is 5.56 Å². The molecule has 0 saturated heterocycles. The van der Waals surface area contributed by atoms with Gasteiger partial charge in [-0.2, -0.15) is 5.26 Å². The van der Waals surface area contributed by atoms with Crippen LogP contribution in [0.5, 0.6) is 11.5 Å². The van der Waals surface area contributed by atoms with Crippen LogP contribution in [0.1, 0.15) is 24.9 Å². The fourth-order valence-corrected chi connectivity index (χ4v) is 1.54. The zero-order valence-corrected chi connectivity index (χ0v) is 10.4. The quantitative estimate of drug-likeness (QED) is 0.636. The summed E-state index contributed by atoms with van der Waals surface area (Å²) in [6, 6.07) is 6.50. The molecule has 3 N–H and O–H groups in total. The van der Waals surface area contributed by atoms with E-state index in [1.165, 1.54) is 6.07 Å². The molecule has 5 heteroatoms. The number of aliphatic hydroxyl groups is 1. The van der Waals surface area contributed by atoms with Crippen LogP contribution >= 0.6 is 0 Å². The molecule has 1 unspecified atom stereocenters. The van der Waals surface area contributed by atoms with Crippen LogP contribution < -0.4 is 10.1 Å². The highest BCUT2D eigenvalue weighted by molar-refractivity contribution is 5.43. The predicted molar refractivity (Wildman–Crippen MR) is 67.3 cm³/mol. The Balaban J connectivity index is 2.79. The molecule has 0 bridgehead atoms. The third kappa shape index (κ3) is 3.91. The molecule has 0 aliphatic heterocycles. The lowest BCUT2D eigenvalue weighted by molar-refractivity contribution is 0.285. The molecule has 1 aromatic rings. The summed E-state index contributed by atoms with van der Waals surface area (Å²) < 4.78 is 5.27. The van der Waals surface area contributed by atoms with Crippen LogP contribution in [0, 0.1) is 11.3 Å². The van der Waals surface area contributed by atoms with Gasteiger partial charge >= 0.3 is 0 Å². The van der Waals surface area contributed by atoms with Gasteiger partial charge in [0, 0.05) is 6.61 Å². The van der Waals surface area contributed by atoms with Crippen LogP contribution in [0.4, 0.5) is 0 Å². The Kier molecular flexibility index (Phi) is 5.98. The minimum Gasteiger partial charge on any atom is -0.504 e. The monoisotopic (exact) mass is 250 g/mol. The number of aromatic hydroxyl groups is 1. The second kappa shape index (κ2) is 7.54. The van der Waals surface area contributed by atoms with Gasteiger partial charge in [0.15, 0.2) is 11.5 Å². The lowest BCUT2D eigenvalue weighted by atomic mass is 10.1. The summed E-state index contributed by atoms with van der Waals surface area (Å²) in [6.45, 7) is 2.92. The summed E-state index contributed by atoms with van der Waals surface area (Å²) in [5, 5.41) is 30.4. The van der Waals surface area contributed by atoms with Crippen LogP contribution in [0.2, 0.25) is 0 Å². The molecule has 0 heterocycles. The van der Waals surface area contributed by atoms with E-state index >= 15 is 0 Å². The highest BCUT2D eigenvalue weighted by Crippen LogP contribution is 2.29. The highest BCUT2D eigenvalue weighted by atomic mass is 16.5. The third-order valence-corrected chi connectivity index (χ3v) is 2.43. The molecule has 0 aliphatic carbocycles. The molecule has 0 saturated carbocycles. The average Bonchev–Trinajstić information content (AvgIpc) is 2.38. The third-order valence-electron chi connectivity index (χ3n) is 2.43. The number of aliphatic hydroxyl groups excluding tert-OH is 1. The first-order chi connectivity index (χ1) is 8.72. The maximum Gasteiger partial charge on any atom is 0.161 e. The van der Waals surface area contributed by atoms with E-state index in [2.05, 4.69) is 11.4 Å². The normalized spacial score (nSPS) is 11.8. The molecule has 0 radical (unpaired) electrons. The van der Waals surface area contributed by atoms with Crippen LogP contribution in [0.3, 0.4) is 0 Å². The molecule has 5 nitrogen and oxygen atoms in total. The number of phenolic OH excluding ortho intramolecular Hbond substituents is 1. The molecule has 0 spiro atoms. The van der Waals surface area contributed by atoms with Crippen molar-refractivity contribution in [3.05, 3.63) is 23.8 Å².